The minimum absolute atomic E-state index is 0.0925. The Morgan fingerprint density at radius 1 is 1.14 bits per heavy atom. The van der Waals surface area contributed by atoms with E-state index < -0.39 is 10.0 Å². The summed E-state index contributed by atoms with van der Waals surface area (Å²) in [7, 11) is -3.49. The van der Waals surface area contributed by atoms with Gasteiger partial charge in [0.1, 0.15) is 4.21 Å². The second kappa shape index (κ2) is 9.03. The molecule has 0 aromatic carbocycles. The maximum Gasteiger partial charge on any atom is 0.252 e. The van der Waals surface area contributed by atoms with Crippen LogP contribution in [0.1, 0.15) is 17.7 Å². The number of amides is 1. The van der Waals surface area contributed by atoms with E-state index in [4.69, 9.17) is 11.6 Å². The van der Waals surface area contributed by atoms with Crippen molar-refractivity contribution in [1.82, 2.24) is 14.1 Å². The average molecular weight is 474 g/mol. The summed E-state index contributed by atoms with van der Waals surface area (Å²) in [6.45, 7) is 4.65. The second-order valence-electron chi connectivity index (χ2n) is 7.44. The number of piperazine rings is 1. The van der Waals surface area contributed by atoms with Crippen molar-refractivity contribution in [1.29, 1.82) is 0 Å². The third-order valence-electron chi connectivity index (χ3n) is 5.51. The molecule has 2 aromatic heterocycles. The van der Waals surface area contributed by atoms with Gasteiger partial charge in [0.25, 0.3) is 10.0 Å². The molecule has 158 valence electrons. The predicted octanol–water partition coefficient (Wildman–Crippen LogP) is 3.21. The van der Waals surface area contributed by atoms with Gasteiger partial charge in [0, 0.05) is 50.7 Å². The third kappa shape index (κ3) is 4.86. The predicted molar refractivity (Wildman–Crippen MR) is 117 cm³/mol. The lowest BCUT2D eigenvalue weighted by molar-refractivity contribution is -0.138. The van der Waals surface area contributed by atoms with Crippen molar-refractivity contribution in [3.8, 4) is 0 Å². The number of sulfonamides is 1. The largest absolute Gasteiger partial charge is 0.340 e. The molecule has 2 saturated heterocycles. The number of carbonyl (C=O) groups excluding carboxylic acids is 1. The van der Waals surface area contributed by atoms with Gasteiger partial charge in [0.2, 0.25) is 5.91 Å². The first kappa shape index (κ1) is 21.3. The van der Waals surface area contributed by atoms with Crippen LogP contribution < -0.4 is 0 Å². The topological polar surface area (TPSA) is 60.9 Å². The molecule has 6 nitrogen and oxygen atoms in total. The lowest BCUT2D eigenvalue weighted by Gasteiger charge is -2.38. The Hall–Kier alpha value is -0.970. The summed E-state index contributed by atoms with van der Waals surface area (Å²) in [4.78, 5) is 18.5. The zero-order chi connectivity index (χ0) is 20.4. The maximum atomic E-state index is 13.1. The summed E-state index contributed by atoms with van der Waals surface area (Å²) in [5, 5.41) is 1.77. The monoisotopic (exact) mass is 473 g/mol. The van der Waals surface area contributed by atoms with Crippen LogP contribution in [0.2, 0.25) is 4.34 Å². The lowest BCUT2D eigenvalue weighted by Crippen LogP contribution is -2.52. The summed E-state index contributed by atoms with van der Waals surface area (Å²) in [5.74, 6) is -0.156. The molecule has 2 aliphatic heterocycles. The number of carbonyl (C=O) groups is 1. The molecule has 2 aliphatic rings. The Bertz CT molecular complexity index is 937. The molecule has 0 bridgehead atoms. The molecule has 0 unspecified atom stereocenters. The molecule has 0 radical (unpaired) electrons. The zero-order valence-corrected chi connectivity index (χ0v) is 19.2. The highest BCUT2D eigenvalue weighted by molar-refractivity contribution is 7.91. The van der Waals surface area contributed by atoms with Gasteiger partial charge in [-0.1, -0.05) is 17.7 Å². The molecule has 0 aliphatic carbocycles. The normalized spacial score (nSPS) is 22.1. The van der Waals surface area contributed by atoms with Crippen molar-refractivity contribution < 1.29 is 13.2 Å². The van der Waals surface area contributed by atoms with Gasteiger partial charge in [0.05, 0.1) is 10.3 Å². The average Bonchev–Trinajstić information content (AvgIpc) is 3.41. The number of halogens is 1. The molecule has 2 fully saturated rings. The maximum absolute atomic E-state index is 13.1. The van der Waals surface area contributed by atoms with Crippen molar-refractivity contribution in [2.45, 2.75) is 23.6 Å². The molecular formula is C19H24ClN3O3S3. The third-order valence-corrected chi connectivity index (χ3v) is 9.97. The van der Waals surface area contributed by atoms with Gasteiger partial charge in [-0.3, -0.25) is 9.69 Å². The van der Waals surface area contributed by atoms with Crippen LogP contribution in [-0.4, -0.2) is 67.7 Å². The first-order valence-corrected chi connectivity index (χ1v) is 13.2. The highest BCUT2D eigenvalue weighted by atomic mass is 35.5. The molecule has 29 heavy (non-hydrogen) atoms. The highest BCUT2D eigenvalue weighted by Gasteiger charge is 2.36. The minimum Gasteiger partial charge on any atom is -0.340 e. The van der Waals surface area contributed by atoms with Crippen LogP contribution in [0, 0.1) is 5.92 Å². The standard InChI is InChI=1S/C19H24ClN3O3S3/c20-17-6-5-16(28-17)14-21-8-10-22(11-9-21)19(24)15-3-1-7-23(13-15)29(25,26)18-4-2-12-27-18/h2,4-6,12,15H,1,3,7-11,13-14H2/t15-/m0/s1. The molecule has 4 heterocycles. The molecule has 4 rings (SSSR count). The Balaban J connectivity index is 1.33. The fraction of sp³-hybridized carbons (Fsp3) is 0.526. The number of piperidine rings is 1. The summed E-state index contributed by atoms with van der Waals surface area (Å²) >= 11 is 8.83. The van der Waals surface area contributed by atoms with Crippen molar-refractivity contribution in [3.63, 3.8) is 0 Å². The smallest absolute Gasteiger partial charge is 0.252 e. The van der Waals surface area contributed by atoms with Gasteiger partial charge in [-0.2, -0.15) is 4.31 Å². The molecule has 0 spiro atoms. The Kier molecular flexibility index (Phi) is 6.62. The van der Waals surface area contributed by atoms with E-state index in [1.54, 1.807) is 28.8 Å². The minimum atomic E-state index is -3.49. The molecule has 1 amide bonds. The summed E-state index contributed by atoms with van der Waals surface area (Å²) in [6.07, 6.45) is 1.48. The summed E-state index contributed by atoms with van der Waals surface area (Å²) < 4.78 is 28.3. The van der Waals surface area contributed by atoms with Gasteiger partial charge in [-0.05, 0) is 36.4 Å². The van der Waals surface area contributed by atoms with Crippen molar-refractivity contribution in [2.75, 3.05) is 39.3 Å². The van der Waals surface area contributed by atoms with E-state index in [0.717, 1.165) is 36.8 Å². The van der Waals surface area contributed by atoms with Gasteiger partial charge in [0.15, 0.2) is 0 Å². The van der Waals surface area contributed by atoms with E-state index in [2.05, 4.69) is 11.0 Å². The Morgan fingerprint density at radius 3 is 2.59 bits per heavy atom. The second-order valence-corrected chi connectivity index (χ2v) is 12.4. The van der Waals surface area contributed by atoms with Crippen LogP contribution in [0.25, 0.3) is 0 Å². The molecule has 2 aromatic rings. The first-order chi connectivity index (χ1) is 13.9. The number of thiophene rings is 2. The van der Waals surface area contributed by atoms with Gasteiger partial charge < -0.3 is 4.90 Å². The van der Waals surface area contributed by atoms with Crippen LogP contribution in [0.4, 0.5) is 0 Å². The molecule has 10 heteroatoms. The zero-order valence-electron chi connectivity index (χ0n) is 16.0. The quantitative estimate of drug-likeness (QED) is 0.669. The van der Waals surface area contributed by atoms with Crippen LogP contribution in [-0.2, 0) is 21.4 Å². The molecule has 1 atom stereocenters. The van der Waals surface area contributed by atoms with Crippen LogP contribution in [0.15, 0.2) is 33.9 Å². The number of rotatable bonds is 5. The van der Waals surface area contributed by atoms with Crippen LogP contribution in [0.5, 0.6) is 0 Å². The highest BCUT2D eigenvalue weighted by Crippen LogP contribution is 2.28. The van der Waals surface area contributed by atoms with Gasteiger partial charge in [-0.15, -0.1) is 22.7 Å². The fourth-order valence-electron chi connectivity index (χ4n) is 3.94. The number of nitrogens with zero attached hydrogens (tertiary/aromatic N) is 3. The number of hydrogen-bond donors (Lipinski definition) is 0. The summed E-state index contributed by atoms with van der Waals surface area (Å²) in [6, 6.07) is 7.34. The van der Waals surface area contributed by atoms with Crippen molar-refractivity contribution in [3.05, 3.63) is 38.9 Å². The van der Waals surface area contributed by atoms with Crippen molar-refractivity contribution in [2.24, 2.45) is 5.92 Å². The molecule has 0 N–H and O–H groups in total. The van der Waals surface area contributed by atoms with E-state index in [1.165, 1.54) is 20.5 Å². The van der Waals surface area contributed by atoms with Gasteiger partial charge in [-0.25, -0.2) is 8.42 Å². The SMILES string of the molecule is O=C([C@H]1CCCN(S(=O)(=O)c2cccs2)C1)N1CCN(Cc2ccc(Cl)s2)CC1. The Labute approximate surface area is 184 Å². The Morgan fingerprint density at radius 2 is 1.93 bits per heavy atom. The van der Waals surface area contributed by atoms with E-state index in [9.17, 15) is 13.2 Å². The van der Waals surface area contributed by atoms with E-state index >= 15 is 0 Å². The fourth-order valence-corrected chi connectivity index (χ4v) is 7.74. The summed E-state index contributed by atoms with van der Waals surface area (Å²) in [5.41, 5.74) is 0. The van der Waals surface area contributed by atoms with Crippen LogP contribution in [0.3, 0.4) is 0 Å². The van der Waals surface area contributed by atoms with Crippen molar-refractivity contribution >= 4 is 50.2 Å². The number of hydrogen-bond acceptors (Lipinski definition) is 6. The van der Waals surface area contributed by atoms with E-state index in [0.29, 0.717) is 23.8 Å². The van der Waals surface area contributed by atoms with E-state index in [-0.39, 0.29) is 18.4 Å². The van der Waals surface area contributed by atoms with Gasteiger partial charge >= 0.3 is 0 Å². The first-order valence-electron chi connectivity index (χ1n) is 9.72. The van der Waals surface area contributed by atoms with Crippen LogP contribution >= 0.6 is 34.3 Å². The molecule has 0 saturated carbocycles. The molecular weight excluding hydrogens is 450 g/mol. The van der Waals surface area contributed by atoms with E-state index in [1.807, 2.05) is 11.0 Å². The lowest BCUT2D eigenvalue weighted by atomic mass is 9.98.